The molecular weight excluding hydrogens is 344 g/mol. The molecule has 2 N–H and O–H groups in total. The number of likely N-dealkylation sites (tertiary alicyclic amines) is 1. The van der Waals surface area contributed by atoms with Gasteiger partial charge >= 0.3 is 0 Å². The molecule has 0 amide bonds. The van der Waals surface area contributed by atoms with Crippen LogP contribution >= 0.6 is 0 Å². The molecule has 2 aromatic carbocycles. The molecule has 1 atom stereocenters. The Bertz CT molecular complexity index is 878. The Labute approximate surface area is 168 Å². The van der Waals surface area contributed by atoms with Crippen LogP contribution in [0.15, 0.2) is 60.8 Å². The van der Waals surface area contributed by atoms with Crippen molar-refractivity contribution in [3.05, 3.63) is 71.9 Å². The number of aryl methyl sites for hydroxylation is 1. The first-order chi connectivity index (χ1) is 13.7. The fraction of sp³-hybridized carbons (Fsp3) is 0.440. The van der Waals surface area contributed by atoms with Gasteiger partial charge in [-0.2, -0.15) is 0 Å². The van der Waals surface area contributed by atoms with Gasteiger partial charge in [0.05, 0.1) is 0 Å². The maximum Gasteiger partial charge on any atom is 0.0491 e. The molecule has 1 saturated heterocycles. The molecule has 1 aromatic heterocycles. The number of benzene rings is 2. The molecule has 3 aromatic rings. The summed E-state index contributed by atoms with van der Waals surface area (Å²) in [4.78, 5) is 6.01. The van der Waals surface area contributed by atoms with Gasteiger partial charge in [0.1, 0.15) is 0 Å². The minimum atomic E-state index is 0.0500. The maximum absolute atomic E-state index is 10.1. The number of hydrogen-bond acceptors (Lipinski definition) is 2. The van der Waals surface area contributed by atoms with E-state index in [1.807, 2.05) is 0 Å². The lowest BCUT2D eigenvalue weighted by Gasteiger charge is -2.43. The minimum Gasteiger partial charge on any atom is -0.396 e. The third kappa shape index (κ3) is 4.16. The van der Waals surface area contributed by atoms with Crippen molar-refractivity contribution in [2.45, 2.75) is 45.1 Å². The molecule has 28 heavy (non-hydrogen) atoms. The van der Waals surface area contributed by atoms with Gasteiger partial charge in [0.15, 0.2) is 0 Å². The summed E-state index contributed by atoms with van der Waals surface area (Å²) in [5.41, 5.74) is 4.05. The van der Waals surface area contributed by atoms with Crippen molar-refractivity contribution in [2.24, 2.45) is 5.41 Å². The van der Waals surface area contributed by atoms with E-state index >= 15 is 0 Å². The molecule has 3 nitrogen and oxygen atoms in total. The second-order valence-electron chi connectivity index (χ2n) is 8.60. The largest absolute Gasteiger partial charge is 0.396 e. The summed E-state index contributed by atoms with van der Waals surface area (Å²) in [5.74, 6) is 0. The summed E-state index contributed by atoms with van der Waals surface area (Å²) in [7, 11) is 0. The number of piperidine rings is 1. The molecule has 0 bridgehead atoms. The Morgan fingerprint density at radius 3 is 2.50 bits per heavy atom. The maximum atomic E-state index is 10.1. The van der Waals surface area contributed by atoms with Gasteiger partial charge in [0.25, 0.3) is 0 Å². The predicted molar refractivity (Wildman–Crippen MR) is 117 cm³/mol. The minimum absolute atomic E-state index is 0.0500. The first-order valence-corrected chi connectivity index (χ1v) is 10.6. The monoisotopic (exact) mass is 376 g/mol. The van der Waals surface area contributed by atoms with Gasteiger partial charge in [0, 0.05) is 29.7 Å². The Morgan fingerprint density at radius 2 is 1.75 bits per heavy atom. The van der Waals surface area contributed by atoms with Gasteiger partial charge < -0.3 is 15.0 Å². The number of aliphatic hydroxyl groups excluding tert-OH is 1. The van der Waals surface area contributed by atoms with Crippen molar-refractivity contribution >= 4 is 10.9 Å². The highest BCUT2D eigenvalue weighted by atomic mass is 16.3. The van der Waals surface area contributed by atoms with E-state index in [4.69, 9.17) is 0 Å². The Kier molecular flexibility index (Phi) is 5.84. The van der Waals surface area contributed by atoms with Crippen LogP contribution in [0.5, 0.6) is 0 Å². The summed E-state index contributed by atoms with van der Waals surface area (Å²) in [6.45, 7) is 4.82. The quantitative estimate of drug-likeness (QED) is 0.621. The number of para-hydroxylation sites is 1. The van der Waals surface area contributed by atoms with E-state index in [1.54, 1.807) is 0 Å². The van der Waals surface area contributed by atoms with Crippen LogP contribution in [0.25, 0.3) is 10.9 Å². The first-order valence-electron chi connectivity index (χ1n) is 10.6. The van der Waals surface area contributed by atoms with Crippen LogP contribution in [0.4, 0.5) is 0 Å². The molecule has 0 aliphatic carbocycles. The highest BCUT2D eigenvalue weighted by Gasteiger charge is 2.35. The fourth-order valence-corrected chi connectivity index (χ4v) is 4.74. The fourth-order valence-electron chi connectivity index (χ4n) is 4.74. The summed E-state index contributed by atoms with van der Waals surface area (Å²) in [5, 5.41) is 11.5. The number of fused-ring (bicyclic) bond motifs is 1. The average Bonchev–Trinajstić information content (AvgIpc) is 3.16. The molecular formula is C25H32N2O. The average molecular weight is 377 g/mol. The van der Waals surface area contributed by atoms with E-state index in [0.29, 0.717) is 12.6 Å². The lowest BCUT2D eigenvalue weighted by Crippen LogP contribution is -2.46. The van der Waals surface area contributed by atoms with Gasteiger partial charge in [-0.05, 0) is 74.7 Å². The second kappa shape index (κ2) is 8.50. The molecule has 148 valence electrons. The molecule has 3 heteroatoms. The van der Waals surface area contributed by atoms with Crippen LogP contribution in [-0.4, -0.2) is 40.7 Å². The standard InChI is InChI=1S/C25H32N2O/c1-20(11-12-22-18-26-24-10-6-5-9-23(22)24)27-15-13-25(19-28,14-16-27)17-21-7-3-2-4-8-21/h2-10,18,20,26,28H,11-17,19H2,1H3. The number of hydrogen-bond donors (Lipinski definition) is 2. The van der Waals surface area contributed by atoms with Crippen LogP contribution in [0.2, 0.25) is 0 Å². The van der Waals surface area contributed by atoms with E-state index in [1.165, 1.54) is 28.5 Å². The summed E-state index contributed by atoms with van der Waals surface area (Å²) in [6, 6.07) is 19.8. The van der Waals surface area contributed by atoms with E-state index in [-0.39, 0.29) is 5.41 Å². The number of aromatic amines is 1. The summed E-state index contributed by atoms with van der Waals surface area (Å²) >= 11 is 0. The molecule has 1 unspecified atom stereocenters. The Balaban J connectivity index is 1.32. The van der Waals surface area contributed by atoms with E-state index in [9.17, 15) is 5.11 Å². The van der Waals surface area contributed by atoms with Crippen molar-refractivity contribution in [3.8, 4) is 0 Å². The van der Waals surface area contributed by atoms with Crippen molar-refractivity contribution in [1.29, 1.82) is 0 Å². The molecule has 0 saturated carbocycles. The zero-order valence-corrected chi connectivity index (χ0v) is 16.9. The molecule has 0 spiro atoms. The van der Waals surface area contributed by atoms with Crippen LogP contribution < -0.4 is 0 Å². The first kappa shape index (κ1) is 19.2. The van der Waals surface area contributed by atoms with Crippen molar-refractivity contribution in [3.63, 3.8) is 0 Å². The van der Waals surface area contributed by atoms with Crippen molar-refractivity contribution in [2.75, 3.05) is 19.7 Å². The van der Waals surface area contributed by atoms with E-state index < -0.39 is 0 Å². The Morgan fingerprint density at radius 1 is 1.04 bits per heavy atom. The molecule has 1 aliphatic heterocycles. The number of nitrogens with one attached hydrogen (secondary N) is 1. The van der Waals surface area contributed by atoms with Crippen LogP contribution in [-0.2, 0) is 12.8 Å². The number of aromatic nitrogens is 1. The third-order valence-corrected chi connectivity index (χ3v) is 6.75. The zero-order chi connectivity index (χ0) is 19.4. The molecule has 1 fully saturated rings. The lowest BCUT2D eigenvalue weighted by molar-refractivity contribution is 0.0289. The highest BCUT2D eigenvalue weighted by Crippen LogP contribution is 2.35. The number of H-pyrrole nitrogens is 1. The van der Waals surface area contributed by atoms with Crippen molar-refractivity contribution in [1.82, 2.24) is 9.88 Å². The molecule has 1 aliphatic rings. The lowest BCUT2D eigenvalue weighted by atomic mass is 9.74. The van der Waals surface area contributed by atoms with Gasteiger partial charge in [-0.15, -0.1) is 0 Å². The SMILES string of the molecule is CC(CCc1c[nH]c2ccccc12)N1CCC(CO)(Cc2ccccc2)CC1. The van der Waals surface area contributed by atoms with Crippen LogP contribution in [0.1, 0.15) is 37.3 Å². The van der Waals surface area contributed by atoms with Crippen LogP contribution in [0, 0.1) is 5.41 Å². The smallest absolute Gasteiger partial charge is 0.0491 e. The van der Waals surface area contributed by atoms with Gasteiger partial charge in [-0.1, -0.05) is 48.5 Å². The third-order valence-electron chi connectivity index (χ3n) is 6.75. The molecule has 0 radical (unpaired) electrons. The molecule has 2 heterocycles. The second-order valence-corrected chi connectivity index (χ2v) is 8.60. The van der Waals surface area contributed by atoms with E-state index in [0.717, 1.165) is 38.8 Å². The predicted octanol–water partition coefficient (Wildman–Crippen LogP) is 4.81. The number of rotatable bonds is 7. The topological polar surface area (TPSA) is 39.3 Å². The summed E-state index contributed by atoms with van der Waals surface area (Å²) in [6.07, 6.45) is 7.60. The zero-order valence-electron chi connectivity index (χ0n) is 16.9. The van der Waals surface area contributed by atoms with E-state index in [2.05, 4.69) is 77.6 Å². The van der Waals surface area contributed by atoms with Gasteiger partial charge in [-0.3, -0.25) is 0 Å². The number of aliphatic hydroxyl groups is 1. The van der Waals surface area contributed by atoms with Gasteiger partial charge in [0.2, 0.25) is 0 Å². The number of nitrogens with zero attached hydrogens (tertiary/aromatic N) is 1. The van der Waals surface area contributed by atoms with Gasteiger partial charge in [-0.25, -0.2) is 0 Å². The summed E-state index contributed by atoms with van der Waals surface area (Å²) < 4.78 is 0. The highest BCUT2D eigenvalue weighted by molar-refractivity contribution is 5.82. The van der Waals surface area contributed by atoms with Crippen LogP contribution in [0.3, 0.4) is 0 Å². The Hall–Kier alpha value is -2.10. The normalized spacial score (nSPS) is 18.4. The van der Waals surface area contributed by atoms with Crippen molar-refractivity contribution < 1.29 is 5.11 Å². The molecule has 4 rings (SSSR count).